The summed E-state index contributed by atoms with van der Waals surface area (Å²) >= 11 is 0. The summed E-state index contributed by atoms with van der Waals surface area (Å²) in [6.07, 6.45) is 3.75. The van der Waals surface area contributed by atoms with E-state index in [4.69, 9.17) is 0 Å². The van der Waals surface area contributed by atoms with E-state index < -0.39 is 0 Å². The molecule has 5 heteroatoms. The van der Waals surface area contributed by atoms with Crippen molar-refractivity contribution >= 4 is 11.8 Å². The first-order valence-corrected chi connectivity index (χ1v) is 8.44. The van der Waals surface area contributed by atoms with Crippen molar-refractivity contribution in [2.45, 2.75) is 32.9 Å². The molecule has 0 saturated carbocycles. The first-order chi connectivity index (χ1) is 12.0. The highest BCUT2D eigenvalue weighted by molar-refractivity contribution is 5.78. The van der Waals surface area contributed by atoms with Gasteiger partial charge in [-0.3, -0.25) is 14.6 Å². The van der Waals surface area contributed by atoms with E-state index in [-0.39, 0.29) is 17.9 Å². The van der Waals surface area contributed by atoms with Gasteiger partial charge in [-0.05, 0) is 30.2 Å². The molecule has 2 amide bonds. The Bertz CT molecular complexity index is 689. The smallest absolute Gasteiger partial charge is 0.224 e. The lowest BCUT2D eigenvalue weighted by Crippen LogP contribution is -2.35. The van der Waals surface area contributed by atoms with Crippen molar-refractivity contribution in [3.05, 3.63) is 66.0 Å². The van der Waals surface area contributed by atoms with Gasteiger partial charge in [0.05, 0.1) is 6.04 Å². The molecule has 1 heterocycles. The summed E-state index contributed by atoms with van der Waals surface area (Å²) in [5.74, 6) is -0.00916. The fourth-order valence-electron chi connectivity index (χ4n) is 2.64. The van der Waals surface area contributed by atoms with Crippen LogP contribution >= 0.6 is 0 Å². The van der Waals surface area contributed by atoms with E-state index in [9.17, 15) is 9.59 Å². The van der Waals surface area contributed by atoms with Gasteiger partial charge in [-0.1, -0.05) is 30.3 Å². The van der Waals surface area contributed by atoms with E-state index in [1.807, 2.05) is 49.4 Å². The normalized spacial score (nSPS) is 11.6. The van der Waals surface area contributed by atoms with E-state index in [1.165, 1.54) is 6.92 Å². The maximum atomic E-state index is 12.5. The molecule has 1 atom stereocenters. The third-order valence-electron chi connectivity index (χ3n) is 4.42. The molecule has 0 N–H and O–H groups in total. The van der Waals surface area contributed by atoms with E-state index in [0.717, 1.165) is 11.1 Å². The Labute approximate surface area is 149 Å². The van der Waals surface area contributed by atoms with Crippen LogP contribution in [0.5, 0.6) is 0 Å². The Kier molecular flexibility index (Phi) is 6.69. The summed E-state index contributed by atoms with van der Waals surface area (Å²) in [5.41, 5.74) is 2.10. The standard InChI is InChI=1S/C20H25N3O2/c1-16(19-9-12-21-13-10-19)22(3)20(25)11-14-23(17(2)24)15-18-7-5-4-6-8-18/h4-10,12-13,16H,11,14-15H2,1-3H3/t16-/m0/s1. The lowest BCUT2D eigenvalue weighted by molar-refractivity contribution is -0.134. The number of rotatable bonds is 7. The lowest BCUT2D eigenvalue weighted by Gasteiger charge is -2.27. The largest absolute Gasteiger partial charge is 0.339 e. The second-order valence-electron chi connectivity index (χ2n) is 6.14. The van der Waals surface area contributed by atoms with Gasteiger partial charge in [0.2, 0.25) is 11.8 Å². The quantitative estimate of drug-likeness (QED) is 0.779. The summed E-state index contributed by atoms with van der Waals surface area (Å²) in [7, 11) is 1.79. The number of hydrogen-bond donors (Lipinski definition) is 0. The zero-order chi connectivity index (χ0) is 18.2. The van der Waals surface area contributed by atoms with Crippen molar-refractivity contribution in [2.24, 2.45) is 0 Å². The molecule has 0 fully saturated rings. The van der Waals surface area contributed by atoms with E-state index in [0.29, 0.717) is 19.5 Å². The molecular weight excluding hydrogens is 314 g/mol. The van der Waals surface area contributed by atoms with Crippen LogP contribution in [0.15, 0.2) is 54.9 Å². The van der Waals surface area contributed by atoms with Gasteiger partial charge in [0, 0.05) is 45.9 Å². The maximum Gasteiger partial charge on any atom is 0.224 e. The Hall–Kier alpha value is -2.69. The zero-order valence-corrected chi connectivity index (χ0v) is 15.1. The van der Waals surface area contributed by atoms with Crippen LogP contribution in [0.2, 0.25) is 0 Å². The van der Waals surface area contributed by atoms with Crippen molar-refractivity contribution in [3.8, 4) is 0 Å². The average molecular weight is 339 g/mol. The third-order valence-corrected chi connectivity index (χ3v) is 4.42. The number of pyridine rings is 1. The summed E-state index contributed by atoms with van der Waals surface area (Å²) in [5, 5.41) is 0. The van der Waals surface area contributed by atoms with Crippen LogP contribution in [-0.2, 0) is 16.1 Å². The number of aromatic nitrogens is 1. The number of nitrogens with zero attached hydrogens (tertiary/aromatic N) is 3. The molecule has 25 heavy (non-hydrogen) atoms. The molecule has 5 nitrogen and oxygen atoms in total. The second-order valence-corrected chi connectivity index (χ2v) is 6.14. The third kappa shape index (κ3) is 5.41. The SMILES string of the molecule is CC(=O)N(CCC(=O)N(C)[C@@H](C)c1ccncc1)Cc1ccccc1. The average Bonchev–Trinajstić information content (AvgIpc) is 2.65. The molecule has 2 rings (SSSR count). The molecule has 1 aromatic carbocycles. The van der Waals surface area contributed by atoms with Crippen molar-refractivity contribution in [1.29, 1.82) is 0 Å². The molecule has 0 unspecified atom stereocenters. The molecule has 0 aliphatic carbocycles. The number of carbonyl (C=O) groups excluding carboxylic acids is 2. The van der Waals surface area contributed by atoms with Crippen LogP contribution in [-0.4, -0.2) is 40.2 Å². The minimum absolute atomic E-state index is 0.0172. The molecule has 0 saturated heterocycles. The van der Waals surface area contributed by atoms with Crippen LogP contribution in [0.3, 0.4) is 0 Å². The maximum absolute atomic E-state index is 12.5. The minimum Gasteiger partial charge on any atom is -0.339 e. The van der Waals surface area contributed by atoms with E-state index in [1.54, 1.807) is 29.2 Å². The minimum atomic E-state index is -0.0320. The highest BCUT2D eigenvalue weighted by Gasteiger charge is 2.19. The van der Waals surface area contributed by atoms with Gasteiger partial charge in [-0.25, -0.2) is 0 Å². The van der Waals surface area contributed by atoms with Gasteiger partial charge in [-0.15, -0.1) is 0 Å². The van der Waals surface area contributed by atoms with Crippen LogP contribution in [0, 0.1) is 0 Å². The van der Waals surface area contributed by atoms with Crippen LogP contribution in [0.25, 0.3) is 0 Å². The monoisotopic (exact) mass is 339 g/mol. The van der Waals surface area contributed by atoms with Gasteiger partial charge in [-0.2, -0.15) is 0 Å². The van der Waals surface area contributed by atoms with Crippen LogP contribution in [0.1, 0.15) is 37.4 Å². The summed E-state index contributed by atoms with van der Waals surface area (Å²) in [6, 6.07) is 13.6. The number of amides is 2. The molecule has 0 radical (unpaired) electrons. The van der Waals surface area contributed by atoms with Gasteiger partial charge in [0.15, 0.2) is 0 Å². The molecule has 2 aromatic rings. The van der Waals surface area contributed by atoms with Gasteiger partial charge in [0.1, 0.15) is 0 Å². The molecule has 1 aromatic heterocycles. The number of benzene rings is 1. The zero-order valence-electron chi connectivity index (χ0n) is 15.1. The Morgan fingerprint density at radius 3 is 2.32 bits per heavy atom. The summed E-state index contributed by atoms with van der Waals surface area (Å²) < 4.78 is 0. The van der Waals surface area contributed by atoms with E-state index >= 15 is 0 Å². The summed E-state index contributed by atoms with van der Waals surface area (Å²) in [4.78, 5) is 31.8. The van der Waals surface area contributed by atoms with Gasteiger partial charge >= 0.3 is 0 Å². The first kappa shape index (κ1) is 18.6. The van der Waals surface area contributed by atoms with Gasteiger partial charge < -0.3 is 9.80 Å². The number of carbonyl (C=O) groups is 2. The molecule has 0 spiro atoms. The molecule has 0 aliphatic heterocycles. The highest BCUT2D eigenvalue weighted by atomic mass is 16.2. The second kappa shape index (κ2) is 8.97. The predicted molar refractivity (Wildman–Crippen MR) is 97.6 cm³/mol. The first-order valence-electron chi connectivity index (χ1n) is 8.44. The fraction of sp³-hybridized carbons (Fsp3) is 0.350. The highest BCUT2D eigenvalue weighted by Crippen LogP contribution is 2.18. The molecule has 0 aliphatic rings. The Morgan fingerprint density at radius 1 is 1.08 bits per heavy atom. The number of hydrogen-bond acceptors (Lipinski definition) is 3. The van der Waals surface area contributed by atoms with Crippen LogP contribution in [0.4, 0.5) is 0 Å². The van der Waals surface area contributed by atoms with Crippen molar-refractivity contribution < 1.29 is 9.59 Å². The van der Waals surface area contributed by atoms with Crippen molar-refractivity contribution in [3.63, 3.8) is 0 Å². The predicted octanol–water partition coefficient (Wildman–Crippen LogP) is 3.04. The fourth-order valence-corrected chi connectivity index (χ4v) is 2.64. The van der Waals surface area contributed by atoms with Crippen LogP contribution < -0.4 is 0 Å². The molecular formula is C20H25N3O2. The topological polar surface area (TPSA) is 53.5 Å². The van der Waals surface area contributed by atoms with E-state index in [2.05, 4.69) is 4.98 Å². The van der Waals surface area contributed by atoms with Crippen molar-refractivity contribution in [2.75, 3.05) is 13.6 Å². The Morgan fingerprint density at radius 2 is 1.72 bits per heavy atom. The van der Waals surface area contributed by atoms with Gasteiger partial charge in [0.25, 0.3) is 0 Å². The van der Waals surface area contributed by atoms with Crippen molar-refractivity contribution in [1.82, 2.24) is 14.8 Å². The lowest BCUT2D eigenvalue weighted by atomic mass is 10.1. The Balaban J connectivity index is 1.93. The summed E-state index contributed by atoms with van der Waals surface area (Å²) in [6.45, 7) is 4.46. The molecule has 132 valence electrons. The molecule has 0 bridgehead atoms.